The molecule has 0 aliphatic carbocycles. The van der Waals surface area contributed by atoms with E-state index in [0.717, 1.165) is 21.4 Å². The second-order valence-corrected chi connectivity index (χ2v) is 7.88. The molecule has 162 valence electrons. The third-order valence-corrected chi connectivity index (χ3v) is 5.17. The quantitative estimate of drug-likeness (QED) is 0.342. The minimum absolute atomic E-state index is 0.346. The van der Waals surface area contributed by atoms with Crippen molar-refractivity contribution in [1.82, 2.24) is 14.5 Å². The molecule has 8 heteroatoms. The number of halogens is 1. The summed E-state index contributed by atoms with van der Waals surface area (Å²) in [6.07, 6.45) is 7.21. The first kappa shape index (κ1) is 21.6. The van der Waals surface area contributed by atoms with E-state index >= 15 is 0 Å². The molecule has 7 nitrogen and oxygen atoms in total. The fourth-order valence-electron chi connectivity index (χ4n) is 3.31. The summed E-state index contributed by atoms with van der Waals surface area (Å²) in [7, 11) is 0. The Bertz CT molecular complexity index is 1210. The molecule has 0 spiro atoms. The van der Waals surface area contributed by atoms with Gasteiger partial charge < -0.3 is 19.9 Å². The Morgan fingerprint density at radius 2 is 1.91 bits per heavy atom. The van der Waals surface area contributed by atoms with Crippen molar-refractivity contribution in [2.75, 3.05) is 17.2 Å². The van der Waals surface area contributed by atoms with E-state index < -0.39 is 0 Å². The first-order valence-electron chi connectivity index (χ1n) is 10.1. The predicted octanol–water partition coefficient (Wildman–Crippen LogP) is 5.80. The molecule has 0 bridgehead atoms. The number of pyridine rings is 1. The molecule has 2 aromatic heterocycles. The number of hydrogen-bond donors (Lipinski definition) is 2. The topological polar surface area (TPSA) is 81.1 Å². The first-order chi connectivity index (χ1) is 15.6. The Morgan fingerprint density at radius 3 is 2.72 bits per heavy atom. The van der Waals surface area contributed by atoms with Gasteiger partial charge in [0.15, 0.2) is 0 Å². The highest BCUT2D eigenvalue weighted by atomic mass is 79.9. The Labute approximate surface area is 194 Å². The van der Waals surface area contributed by atoms with Gasteiger partial charge in [0.1, 0.15) is 11.6 Å². The van der Waals surface area contributed by atoms with Gasteiger partial charge in [0.25, 0.3) is 0 Å². The molecule has 2 N–H and O–H groups in total. The monoisotopic (exact) mass is 491 g/mol. The minimum Gasteiger partial charge on any atom is -0.492 e. The number of amides is 2. The van der Waals surface area contributed by atoms with Crippen LogP contribution in [-0.4, -0.2) is 27.2 Å². The van der Waals surface area contributed by atoms with Crippen LogP contribution in [0.25, 0.3) is 11.4 Å². The van der Waals surface area contributed by atoms with Gasteiger partial charge in [-0.15, -0.1) is 0 Å². The van der Waals surface area contributed by atoms with Crippen LogP contribution in [-0.2, 0) is 6.54 Å². The van der Waals surface area contributed by atoms with E-state index in [4.69, 9.17) is 4.74 Å². The zero-order chi connectivity index (χ0) is 22.3. The fourth-order valence-corrected chi connectivity index (χ4v) is 3.67. The van der Waals surface area contributed by atoms with E-state index in [1.807, 2.05) is 61.7 Å². The number of urea groups is 1. The molecule has 32 heavy (non-hydrogen) atoms. The summed E-state index contributed by atoms with van der Waals surface area (Å²) in [5.41, 5.74) is 3.32. The van der Waals surface area contributed by atoms with Crippen molar-refractivity contribution >= 4 is 33.3 Å². The maximum atomic E-state index is 12.6. The van der Waals surface area contributed by atoms with Gasteiger partial charge in [0, 0.05) is 47.1 Å². The van der Waals surface area contributed by atoms with Crippen LogP contribution in [0.3, 0.4) is 0 Å². The summed E-state index contributed by atoms with van der Waals surface area (Å²) in [6, 6.07) is 16.7. The van der Waals surface area contributed by atoms with Gasteiger partial charge in [-0.2, -0.15) is 0 Å². The molecule has 2 amide bonds. The Balaban J connectivity index is 1.46. The van der Waals surface area contributed by atoms with Gasteiger partial charge in [-0.05, 0) is 55.0 Å². The van der Waals surface area contributed by atoms with Crippen molar-refractivity contribution in [3.8, 4) is 17.1 Å². The number of imidazole rings is 1. The minimum atomic E-state index is -0.346. The van der Waals surface area contributed by atoms with Gasteiger partial charge in [-0.1, -0.05) is 28.1 Å². The van der Waals surface area contributed by atoms with Gasteiger partial charge in [0.2, 0.25) is 0 Å². The van der Waals surface area contributed by atoms with Crippen LogP contribution in [0.15, 0.2) is 83.9 Å². The highest BCUT2D eigenvalue weighted by molar-refractivity contribution is 9.10. The molecule has 0 aliphatic rings. The van der Waals surface area contributed by atoms with Crippen molar-refractivity contribution in [3.63, 3.8) is 0 Å². The normalized spacial score (nSPS) is 10.6. The molecule has 2 heterocycles. The van der Waals surface area contributed by atoms with Crippen molar-refractivity contribution in [2.24, 2.45) is 0 Å². The zero-order valence-electron chi connectivity index (χ0n) is 17.5. The molecule has 0 saturated heterocycles. The maximum Gasteiger partial charge on any atom is 0.323 e. The number of aromatic nitrogens is 3. The SMILES string of the molecule is CCOc1ccc(Br)cc1NC(=O)Nc1cccc(Cn2ccnc2-c2ccncc2)c1. The Hall–Kier alpha value is -3.65. The Kier molecular flexibility index (Phi) is 6.81. The summed E-state index contributed by atoms with van der Waals surface area (Å²) in [5.74, 6) is 1.48. The van der Waals surface area contributed by atoms with Crippen molar-refractivity contribution in [1.29, 1.82) is 0 Å². The lowest BCUT2D eigenvalue weighted by molar-refractivity contribution is 0.262. The smallest absolute Gasteiger partial charge is 0.323 e. The third-order valence-electron chi connectivity index (χ3n) is 4.68. The standard InChI is InChI=1S/C24H22BrN5O2/c1-2-32-22-7-6-19(25)15-21(22)29-24(31)28-20-5-3-4-17(14-20)16-30-13-12-27-23(30)18-8-10-26-11-9-18/h3-15H,2,16H2,1H3,(H2,28,29,31). The number of ether oxygens (including phenoxy) is 1. The van der Waals surface area contributed by atoms with E-state index in [0.29, 0.717) is 30.3 Å². The van der Waals surface area contributed by atoms with Crippen LogP contribution >= 0.6 is 15.9 Å². The van der Waals surface area contributed by atoms with E-state index in [1.165, 1.54) is 0 Å². The molecule has 0 saturated carbocycles. The first-order valence-corrected chi connectivity index (χ1v) is 10.9. The molecule has 2 aromatic carbocycles. The molecule has 0 aliphatic heterocycles. The number of nitrogens with one attached hydrogen (secondary N) is 2. The van der Waals surface area contributed by atoms with Crippen LogP contribution in [0.5, 0.6) is 5.75 Å². The van der Waals surface area contributed by atoms with Crippen LogP contribution in [0, 0.1) is 0 Å². The highest BCUT2D eigenvalue weighted by Gasteiger charge is 2.10. The van der Waals surface area contributed by atoms with Crippen LogP contribution < -0.4 is 15.4 Å². The average Bonchev–Trinajstić information content (AvgIpc) is 3.24. The summed E-state index contributed by atoms with van der Waals surface area (Å²) < 4.78 is 8.50. The molecule has 0 fully saturated rings. The average molecular weight is 492 g/mol. The summed E-state index contributed by atoms with van der Waals surface area (Å²) in [6.45, 7) is 3.03. The molecule has 4 rings (SSSR count). The lowest BCUT2D eigenvalue weighted by Crippen LogP contribution is -2.20. The van der Waals surface area contributed by atoms with Gasteiger partial charge in [-0.3, -0.25) is 4.98 Å². The fraction of sp³-hybridized carbons (Fsp3) is 0.125. The molecule has 0 unspecified atom stereocenters. The summed E-state index contributed by atoms with van der Waals surface area (Å²) in [5, 5.41) is 5.75. The Morgan fingerprint density at radius 1 is 1.06 bits per heavy atom. The van der Waals surface area contributed by atoms with E-state index in [1.54, 1.807) is 24.7 Å². The number of rotatable bonds is 7. The predicted molar refractivity (Wildman–Crippen MR) is 129 cm³/mol. The second kappa shape index (κ2) is 10.1. The summed E-state index contributed by atoms with van der Waals surface area (Å²) in [4.78, 5) is 21.1. The third kappa shape index (κ3) is 5.33. The van der Waals surface area contributed by atoms with E-state index in [2.05, 4.69) is 41.1 Å². The molecule has 0 radical (unpaired) electrons. The molecular formula is C24H22BrN5O2. The van der Waals surface area contributed by atoms with E-state index in [9.17, 15) is 4.79 Å². The van der Waals surface area contributed by atoms with Gasteiger partial charge in [-0.25, -0.2) is 9.78 Å². The number of carbonyl (C=O) groups excluding carboxylic acids is 1. The van der Waals surface area contributed by atoms with Crippen molar-refractivity contribution in [3.05, 3.63) is 89.4 Å². The lowest BCUT2D eigenvalue weighted by Gasteiger charge is -2.13. The highest BCUT2D eigenvalue weighted by Crippen LogP contribution is 2.28. The van der Waals surface area contributed by atoms with Crippen LogP contribution in [0.1, 0.15) is 12.5 Å². The van der Waals surface area contributed by atoms with Crippen LogP contribution in [0.4, 0.5) is 16.2 Å². The lowest BCUT2D eigenvalue weighted by atomic mass is 10.2. The van der Waals surface area contributed by atoms with Crippen molar-refractivity contribution in [2.45, 2.75) is 13.5 Å². The molecular weight excluding hydrogens is 470 g/mol. The van der Waals surface area contributed by atoms with Crippen LogP contribution in [0.2, 0.25) is 0 Å². The number of benzene rings is 2. The maximum absolute atomic E-state index is 12.6. The van der Waals surface area contributed by atoms with Gasteiger partial charge >= 0.3 is 6.03 Å². The summed E-state index contributed by atoms with van der Waals surface area (Å²) >= 11 is 3.43. The van der Waals surface area contributed by atoms with E-state index in [-0.39, 0.29) is 6.03 Å². The second-order valence-electron chi connectivity index (χ2n) is 6.97. The van der Waals surface area contributed by atoms with Gasteiger partial charge in [0.05, 0.1) is 12.3 Å². The molecule has 0 atom stereocenters. The molecule has 4 aromatic rings. The largest absolute Gasteiger partial charge is 0.492 e. The number of carbonyl (C=O) groups is 1. The number of nitrogens with zero attached hydrogens (tertiary/aromatic N) is 3. The zero-order valence-corrected chi connectivity index (χ0v) is 19.0. The van der Waals surface area contributed by atoms with Crippen molar-refractivity contribution < 1.29 is 9.53 Å². The number of hydrogen-bond acceptors (Lipinski definition) is 4. The number of anilines is 2.